The molecule has 1 heterocycles. The van der Waals surface area contributed by atoms with Crippen LogP contribution in [0.5, 0.6) is 0 Å². The lowest BCUT2D eigenvalue weighted by atomic mass is 9.78. The van der Waals surface area contributed by atoms with Crippen molar-refractivity contribution in [3.63, 3.8) is 0 Å². The van der Waals surface area contributed by atoms with Crippen LogP contribution < -0.4 is 4.90 Å². The molecule has 2 rings (SSSR count). The Morgan fingerprint density at radius 3 is 1.94 bits per heavy atom. The number of rotatable bonds is 2. The molecule has 1 fully saturated rings. The van der Waals surface area contributed by atoms with Gasteiger partial charge in [-0.15, -0.1) is 0 Å². The van der Waals surface area contributed by atoms with Gasteiger partial charge in [0.05, 0.1) is 13.2 Å². The van der Waals surface area contributed by atoms with Gasteiger partial charge in [0.25, 0.3) is 0 Å². The van der Waals surface area contributed by atoms with E-state index >= 15 is 0 Å². The minimum Gasteiger partial charge on any atom is -0.379 e. The average Bonchev–Trinajstić information content (AvgIpc) is 2.14. The summed E-state index contributed by atoms with van der Waals surface area (Å²) in [4.78, 5) is 1.85. The van der Waals surface area contributed by atoms with Crippen molar-refractivity contribution in [3.05, 3.63) is 29.8 Å². The molecule has 1 aromatic rings. The third kappa shape index (κ3) is 1.88. The molecule has 0 aliphatic carbocycles. The van der Waals surface area contributed by atoms with Gasteiger partial charge in [-0.3, -0.25) is 0 Å². The second-order valence-electron chi connectivity index (χ2n) is 4.51. The molecular formula is C12H14F3NO. The fourth-order valence-electron chi connectivity index (χ4n) is 1.88. The van der Waals surface area contributed by atoms with E-state index in [1.54, 1.807) is 12.1 Å². The molecule has 0 spiro atoms. The van der Waals surface area contributed by atoms with Crippen LogP contribution in [0, 0.1) is 0 Å². The Labute approximate surface area is 98.0 Å². The molecular weight excluding hydrogens is 231 g/mol. The summed E-state index contributed by atoms with van der Waals surface area (Å²) in [7, 11) is 3.70. The lowest BCUT2D eigenvalue weighted by Crippen LogP contribution is -2.57. The van der Waals surface area contributed by atoms with Crippen LogP contribution in [0.2, 0.25) is 0 Å². The van der Waals surface area contributed by atoms with E-state index in [0.717, 1.165) is 5.69 Å². The molecule has 1 aliphatic heterocycles. The summed E-state index contributed by atoms with van der Waals surface area (Å²) in [5, 5.41) is 0. The van der Waals surface area contributed by atoms with Gasteiger partial charge in [0.2, 0.25) is 0 Å². The van der Waals surface area contributed by atoms with Crippen molar-refractivity contribution in [1.29, 1.82) is 0 Å². The maximum Gasteiger partial charge on any atom is 0.402 e. The standard InChI is InChI=1S/C12H14F3NO/c1-16(2)10-5-3-9(4-6-10)11(7-17-8-11)12(13,14)15/h3-6H,7-8H2,1-2H3. The highest BCUT2D eigenvalue weighted by Gasteiger charge is 2.60. The van der Waals surface area contributed by atoms with Gasteiger partial charge < -0.3 is 9.64 Å². The summed E-state index contributed by atoms with van der Waals surface area (Å²) in [5.41, 5.74) is -0.647. The highest BCUT2D eigenvalue weighted by molar-refractivity contribution is 5.48. The van der Waals surface area contributed by atoms with Crippen LogP contribution in [0.4, 0.5) is 18.9 Å². The Kier molecular flexibility index (Phi) is 2.81. The number of anilines is 1. The number of alkyl halides is 3. The first-order chi connectivity index (χ1) is 7.87. The fourth-order valence-corrected chi connectivity index (χ4v) is 1.88. The van der Waals surface area contributed by atoms with E-state index in [-0.39, 0.29) is 18.8 Å². The van der Waals surface area contributed by atoms with Gasteiger partial charge in [-0.2, -0.15) is 13.2 Å². The zero-order valence-electron chi connectivity index (χ0n) is 9.71. The van der Waals surface area contributed by atoms with E-state index in [1.165, 1.54) is 12.1 Å². The Hall–Kier alpha value is -1.23. The van der Waals surface area contributed by atoms with E-state index in [9.17, 15) is 13.2 Å². The summed E-state index contributed by atoms with van der Waals surface area (Å²) < 4.78 is 43.8. The summed E-state index contributed by atoms with van der Waals surface area (Å²) in [6.45, 7) is -0.560. The van der Waals surface area contributed by atoms with Gasteiger partial charge in [0.15, 0.2) is 0 Å². The van der Waals surface area contributed by atoms with Crippen LogP contribution >= 0.6 is 0 Å². The lowest BCUT2D eigenvalue weighted by Gasteiger charge is -2.43. The van der Waals surface area contributed by atoms with Gasteiger partial charge in [-0.25, -0.2) is 0 Å². The predicted molar refractivity (Wildman–Crippen MR) is 59.3 cm³/mol. The van der Waals surface area contributed by atoms with Gasteiger partial charge in [-0.1, -0.05) is 12.1 Å². The Morgan fingerprint density at radius 1 is 1.12 bits per heavy atom. The van der Waals surface area contributed by atoms with Crippen molar-refractivity contribution in [2.75, 3.05) is 32.2 Å². The summed E-state index contributed by atoms with van der Waals surface area (Å²) >= 11 is 0. The second kappa shape index (κ2) is 3.91. The molecule has 1 aliphatic rings. The van der Waals surface area contributed by atoms with E-state index in [1.807, 2.05) is 19.0 Å². The van der Waals surface area contributed by atoms with Gasteiger partial charge in [0.1, 0.15) is 5.41 Å². The third-order valence-electron chi connectivity index (χ3n) is 3.18. The first-order valence-corrected chi connectivity index (χ1v) is 5.29. The molecule has 0 radical (unpaired) electrons. The van der Waals surface area contributed by atoms with Crippen LogP contribution in [0.15, 0.2) is 24.3 Å². The molecule has 0 unspecified atom stereocenters. The molecule has 0 amide bonds. The molecule has 94 valence electrons. The number of hydrogen-bond acceptors (Lipinski definition) is 2. The van der Waals surface area contributed by atoms with Gasteiger partial charge in [-0.05, 0) is 17.7 Å². The molecule has 0 N–H and O–H groups in total. The minimum atomic E-state index is -4.26. The molecule has 0 aromatic heterocycles. The average molecular weight is 245 g/mol. The number of benzene rings is 1. The van der Waals surface area contributed by atoms with E-state index in [2.05, 4.69) is 0 Å². The first kappa shape index (κ1) is 12.2. The third-order valence-corrected chi connectivity index (χ3v) is 3.18. The van der Waals surface area contributed by atoms with E-state index in [0.29, 0.717) is 0 Å². The fraction of sp³-hybridized carbons (Fsp3) is 0.500. The maximum atomic E-state index is 13.0. The van der Waals surface area contributed by atoms with Crippen molar-refractivity contribution in [3.8, 4) is 0 Å². The summed E-state index contributed by atoms with van der Waals surface area (Å²) in [5.74, 6) is 0. The monoisotopic (exact) mass is 245 g/mol. The van der Waals surface area contributed by atoms with Crippen LogP contribution in [-0.2, 0) is 10.2 Å². The quantitative estimate of drug-likeness (QED) is 0.794. The molecule has 2 nitrogen and oxygen atoms in total. The number of nitrogens with zero attached hydrogens (tertiary/aromatic N) is 1. The van der Waals surface area contributed by atoms with Gasteiger partial charge >= 0.3 is 6.18 Å². The Balaban J connectivity index is 2.33. The van der Waals surface area contributed by atoms with Crippen LogP contribution in [-0.4, -0.2) is 33.5 Å². The summed E-state index contributed by atoms with van der Waals surface area (Å²) in [6.07, 6.45) is -4.26. The Bertz CT molecular complexity index is 393. The van der Waals surface area contributed by atoms with E-state index in [4.69, 9.17) is 4.74 Å². The van der Waals surface area contributed by atoms with Crippen LogP contribution in [0.25, 0.3) is 0 Å². The molecule has 0 saturated carbocycles. The molecule has 0 bridgehead atoms. The molecule has 5 heteroatoms. The second-order valence-corrected chi connectivity index (χ2v) is 4.51. The molecule has 1 saturated heterocycles. The predicted octanol–water partition coefficient (Wildman–Crippen LogP) is 2.58. The number of ether oxygens (including phenoxy) is 1. The largest absolute Gasteiger partial charge is 0.402 e. The number of hydrogen-bond donors (Lipinski definition) is 0. The van der Waals surface area contributed by atoms with Crippen molar-refractivity contribution >= 4 is 5.69 Å². The van der Waals surface area contributed by atoms with Crippen molar-refractivity contribution in [2.45, 2.75) is 11.6 Å². The smallest absolute Gasteiger partial charge is 0.379 e. The van der Waals surface area contributed by atoms with Crippen LogP contribution in [0.1, 0.15) is 5.56 Å². The minimum absolute atomic E-state index is 0.279. The molecule has 1 aromatic carbocycles. The molecule has 0 atom stereocenters. The highest BCUT2D eigenvalue weighted by atomic mass is 19.4. The lowest BCUT2D eigenvalue weighted by molar-refractivity contribution is -0.262. The summed E-state index contributed by atoms with van der Waals surface area (Å²) in [6, 6.07) is 6.46. The van der Waals surface area contributed by atoms with Crippen LogP contribution in [0.3, 0.4) is 0 Å². The topological polar surface area (TPSA) is 12.5 Å². The van der Waals surface area contributed by atoms with Crippen molar-refractivity contribution in [2.24, 2.45) is 0 Å². The van der Waals surface area contributed by atoms with Crippen molar-refractivity contribution < 1.29 is 17.9 Å². The SMILES string of the molecule is CN(C)c1ccc(C2(C(F)(F)F)COC2)cc1. The van der Waals surface area contributed by atoms with E-state index < -0.39 is 11.6 Å². The maximum absolute atomic E-state index is 13.0. The highest BCUT2D eigenvalue weighted by Crippen LogP contribution is 2.46. The normalized spacial score (nSPS) is 18.6. The Morgan fingerprint density at radius 2 is 1.65 bits per heavy atom. The van der Waals surface area contributed by atoms with Gasteiger partial charge in [0, 0.05) is 19.8 Å². The number of halogens is 3. The zero-order valence-corrected chi connectivity index (χ0v) is 9.71. The molecule has 17 heavy (non-hydrogen) atoms. The zero-order chi connectivity index (χ0) is 12.7. The van der Waals surface area contributed by atoms with Crippen molar-refractivity contribution in [1.82, 2.24) is 0 Å². The first-order valence-electron chi connectivity index (χ1n) is 5.29.